The van der Waals surface area contributed by atoms with Gasteiger partial charge in [0.2, 0.25) is 0 Å². The molecule has 0 aliphatic carbocycles. The summed E-state index contributed by atoms with van der Waals surface area (Å²) in [6, 6.07) is 11.9. The predicted molar refractivity (Wildman–Crippen MR) is 93.7 cm³/mol. The van der Waals surface area contributed by atoms with Gasteiger partial charge in [-0.05, 0) is 30.3 Å². The summed E-state index contributed by atoms with van der Waals surface area (Å²) in [5, 5.41) is 0. The van der Waals surface area contributed by atoms with Crippen LogP contribution in [0.3, 0.4) is 0 Å². The van der Waals surface area contributed by atoms with Crippen molar-refractivity contribution in [3.63, 3.8) is 0 Å². The first kappa shape index (κ1) is 17.3. The first-order valence-electron chi connectivity index (χ1n) is 7.76. The maximum atomic E-state index is 12.3. The van der Waals surface area contributed by atoms with Gasteiger partial charge in [0.05, 0.1) is 31.4 Å². The lowest BCUT2D eigenvalue weighted by Gasteiger charge is -2.09. The van der Waals surface area contributed by atoms with E-state index < -0.39 is 12.6 Å². The number of hydrogen-bond donors (Lipinski definition) is 0. The third kappa shape index (κ3) is 3.61. The highest BCUT2D eigenvalue weighted by Gasteiger charge is 2.15. The lowest BCUT2D eigenvalue weighted by atomic mass is 10.1. The first-order valence-corrected chi connectivity index (χ1v) is 7.76. The Bertz CT molecular complexity index is 971. The number of carbonyl (C=O) groups is 2. The topological polar surface area (TPSA) is 87.6 Å². The molecule has 2 aromatic carbocycles. The van der Waals surface area contributed by atoms with Gasteiger partial charge < -0.3 is 14.2 Å². The zero-order valence-electron chi connectivity index (χ0n) is 14.3. The number of hydrogen-bond acceptors (Lipinski definition) is 7. The van der Waals surface area contributed by atoms with Gasteiger partial charge in [-0.3, -0.25) is 9.78 Å². The van der Waals surface area contributed by atoms with E-state index in [0.29, 0.717) is 28.1 Å². The molecule has 26 heavy (non-hydrogen) atoms. The number of ketones is 1. The average molecular weight is 352 g/mol. The van der Waals surface area contributed by atoms with Crippen molar-refractivity contribution >= 4 is 22.8 Å². The van der Waals surface area contributed by atoms with Crippen LogP contribution >= 0.6 is 0 Å². The van der Waals surface area contributed by atoms with Gasteiger partial charge in [-0.15, -0.1) is 0 Å². The predicted octanol–water partition coefficient (Wildman–Crippen LogP) is 2.69. The van der Waals surface area contributed by atoms with Crippen molar-refractivity contribution in [3.05, 3.63) is 59.9 Å². The van der Waals surface area contributed by atoms with Crippen molar-refractivity contribution in [2.75, 3.05) is 20.8 Å². The molecule has 0 bridgehead atoms. The summed E-state index contributed by atoms with van der Waals surface area (Å²) in [6.07, 6.45) is 1.32. The van der Waals surface area contributed by atoms with Crippen LogP contribution in [0.4, 0.5) is 0 Å². The molecule has 0 atom stereocenters. The summed E-state index contributed by atoms with van der Waals surface area (Å²) in [5.41, 5.74) is 1.64. The molecule has 0 unspecified atom stereocenters. The Labute approximate surface area is 149 Å². The second-order valence-electron chi connectivity index (χ2n) is 5.31. The highest BCUT2D eigenvalue weighted by molar-refractivity contribution is 5.99. The van der Waals surface area contributed by atoms with Gasteiger partial charge in [-0.1, -0.05) is 12.1 Å². The summed E-state index contributed by atoms with van der Waals surface area (Å²) in [4.78, 5) is 32.7. The highest BCUT2D eigenvalue weighted by Crippen LogP contribution is 2.27. The van der Waals surface area contributed by atoms with Gasteiger partial charge in [0.1, 0.15) is 0 Å². The van der Waals surface area contributed by atoms with Gasteiger partial charge in [-0.2, -0.15) is 0 Å². The molecule has 0 fully saturated rings. The number of carbonyl (C=O) groups excluding carboxylic acids is 2. The number of benzene rings is 2. The van der Waals surface area contributed by atoms with Gasteiger partial charge in [-0.25, -0.2) is 9.78 Å². The summed E-state index contributed by atoms with van der Waals surface area (Å²) < 4.78 is 15.3. The number of rotatable bonds is 6. The van der Waals surface area contributed by atoms with Crippen LogP contribution in [0.15, 0.2) is 48.7 Å². The standard InChI is InChI=1S/C19H16N2O5/c1-24-17-8-7-12(9-18(17)25-2)16(22)11-26-19(23)15-10-20-13-5-3-4-6-14(13)21-15/h3-10H,11H2,1-2H3. The number of fused-ring (bicyclic) bond motifs is 1. The maximum Gasteiger partial charge on any atom is 0.359 e. The number of methoxy groups -OCH3 is 2. The maximum absolute atomic E-state index is 12.3. The van der Waals surface area contributed by atoms with E-state index in [9.17, 15) is 9.59 Å². The van der Waals surface area contributed by atoms with E-state index in [1.807, 2.05) is 6.07 Å². The zero-order valence-corrected chi connectivity index (χ0v) is 14.3. The molecule has 1 aromatic heterocycles. The number of esters is 1. The van der Waals surface area contributed by atoms with Crippen LogP contribution in [0, 0.1) is 0 Å². The largest absolute Gasteiger partial charge is 0.493 e. The molecule has 0 aliphatic rings. The van der Waals surface area contributed by atoms with Crippen LogP contribution in [-0.4, -0.2) is 42.5 Å². The summed E-state index contributed by atoms with van der Waals surface area (Å²) >= 11 is 0. The van der Waals surface area contributed by atoms with Crippen LogP contribution in [0.25, 0.3) is 11.0 Å². The van der Waals surface area contributed by atoms with Crippen LogP contribution in [0.2, 0.25) is 0 Å². The Morgan fingerprint density at radius 3 is 2.42 bits per heavy atom. The minimum Gasteiger partial charge on any atom is -0.493 e. The molecule has 132 valence electrons. The monoisotopic (exact) mass is 352 g/mol. The molecule has 0 aliphatic heterocycles. The van der Waals surface area contributed by atoms with Crippen LogP contribution in [-0.2, 0) is 4.74 Å². The average Bonchev–Trinajstić information content (AvgIpc) is 2.70. The molecule has 7 nitrogen and oxygen atoms in total. The number of ether oxygens (including phenoxy) is 3. The molecule has 0 saturated heterocycles. The van der Waals surface area contributed by atoms with E-state index in [1.165, 1.54) is 26.5 Å². The minimum atomic E-state index is -0.711. The molecular formula is C19H16N2O5. The van der Waals surface area contributed by atoms with Crippen LogP contribution in [0.5, 0.6) is 11.5 Å². The van der Waals surface area contributed by atoms with Crippen molar-refractivity contribution in [1.82, 2.24) is 9.97 Å². The smallest absolute Gasteiger partial charge is 0.359 e. The number of para-hydroxylation sites is 2. The molecule has 3 aromatic rings. The van der Waals surface area contributed by atoms with Gasteiger partial charge in [0, 0.05) is 5.56 Å². The van der Waals surface area contributed by atoms with E-state index in [1.54, 1.807) is 30.3 Å². The molecule has 0 spiro atoms. The van der Waals surface area contributed by atoms with Crippen LogP contribution < -0.4 is 9.47 Å². The lowest BCUT2D eigenvalue weighted by Crippen LogP contribution is -2.15. The molecule has 0 saturated carbocycles. The van der Waals surface area contributed by atoms with Crippen molar-refractivity contribution in [2.45, 2.75) is 0 Å². The lowest BCUT2D eigenvalue weighted by molar-refractivity contribution is 0.0469. The fraction of sp³-hybridized carbons (Fsp3) is 0.158. The minimum absolute atomic E-state index is 0.0452. The van der Waals surface area contributed by atoms with Crippen LogP contribution in [0.1, 0.15) is 20.8 Å². The Morgan fingerprint density at radius 2 is 1.69 bits per heavy atom. The highest BCUT2D eigenvalue weighted by atomic mass is 16.5. The van der Waals surface area contributed by atoms with E-state index >= 15 is 0 Å². The number of Topliss-reactive ketones (excluding diaryl/α,β-unsaturated/α-hetero) is 1. The molecule has 0 amide bonds. The third-order valence-electron chi connectivity index (χ3n) is 3.70. The van der Waals surface area contributed by atoms with Crippen molar-refractivity contribution < 1.29 is 23.8 Å². The van der Waals surface area contributed by atoms with E-state index in [4.69, 9.17) is 14.2 Å². The fourth-order valence-electron chi connectivity index (χ4n) is 2.35. The molecule has 1 heterocycles. The molecule has 3 rings (SSSR count). The summed E-state index contributed by atoms with van der Waals surface area (Å²) in [5.74, 6) is -0.150. The van der Waals surface area contributed by atoms with E-state index in [-0.39, 0.29) is 11.5 Å². The quantitative estimate of drug-likeness (QED) is 0.498. The Morgan fingerprint density at radius 1 is 0.962 bits per heavy atom. The van der Waals surface area contributed by atoms with Gasteiger partial charge >= 0.3 is 5.97 Å². The molecule has 0 radical (unpaired) electrons. The Hall–Kier alpha value is -3.48. The molecule has 0 N–H and O–H groups in total. The van der Waals surface area contributed by atoms with Gasteiger partial charge in [0.25, 0.3) is 0 Å². The number of nitrogens with zero attached hydrogens (tertiary/aromatic N) is 2. The van der Waals surface area contributed by atoms with Crippen molar-refractivity contribution in [1.29, 1.82) is 0 Å². The van der Waals surface area contributed by atoms with Crippen molar-refractivity contribution in [2.24, 2.45) is 0 Å². The van der Waals surface area contributed by atoms with E-state index in [0.717, 1.165) is 0 Å². The van der Waals surface area contributed by atoms with Crippen molar-refractivity contribution in [3.8, 4) is 11.5 Å². The van der Waals surface area contributed by atoms with E-state index in [2.05, 4.69) is 9.97 Å². The second-order valence-corrected chi connectivity index (χ2v) is 5.31. The first-order chi connectivity index (χ1) is 12.6. The summed E-state index contributed by atoms with van der Waals surface area (Å²) in [7, 11) is 2.98. The molecular weight excluding hydrogens is 336 g/mol. The normalized spacial score (nSPS) is 10.4. The number of aromatic nitrogens is 2. The summed E-state index contributed by atoms with van der Waals surface area (Å²) in [6.45, 7) is -0.414. The Kier molecular flexibility index (Phi) is 5.07. The third-order valence-corrected chi connectivity index (χ3v) is 3.70. The fourth-order valence-corrected chi connectivity index (χ4v) is 2.35. The molecule has 7 heteroatoms. The SMILES string of the molecule is COc1ccc(C(=O)COC(=O)c2cnc3ccccc3n2)cc1OC. The zero-order chi connectivity index (χ0) is 18.5. The second kappa shape index (κ2) is 7.60. The Balaban J connectivity index is 1.69. The van der Waals surface area contributed by atoms with Gasteiger partial charge in [0.15, 0.2) is 29.6 Å².